The molecule has 1 aliphatic heterocycles. The molecule has 0 unspecified atom stereocenters. The standard InChI is InChI=1S/C7H13NO/c1-7(2,3)8-5-4-6-9-8/h4-5H,6H2,1-3H3. The van der Waals surface area contributed by atoms with Crippen molar-refractivity contribution in [1.29, 1.82) is 0 Å². The lowest BCUT2D eigenvalue weighted by Crippen LogP contribution is -2.34. The minimum absolute atomic E-state index is 0.104. The SMILES string of the molecule is CC(C)(C)N1C=CCO1. The Balaban J connectivity index is 2.53. The normalized spacial score (nSPS) is 19.2. The molecule has 0 amide bonds. The van der Waals surface area contributed by atoms with Crippen molar-refractivity contribution in [3.05, 3.63) is 12.3 Å². The highest BCUT2D eigenvalue weighted by Crippen LogP contribution is 2.16. The maximum atomic E-state index is 5.24. The Morgan fingerprint density at radius 3 is 2.33 bits per heavy atom. The largest absolute Gasteiger partial charge is 0.269 e. The van der Waals surface area contributed by atoms with Crippen molar-refractivity contribution in [3.8, 4) is 0 Å². The van der Waals surface area contributed by atoms with Crippen LogP contribution in [-0.2, 0) is 4.84 Å². The molecule has 1 aliphatic rings. The minimum Gasteiger partial charge on any atom is -0.269 e. The van der Waals surface area contributed by atoms with Crippen molar-refractivity contribution in [3.63, 3.8) is 0 Å². The first-order chi connectivity index (χ1) is 4.11. The van der Waals surface area contributed by atoms with Crippen LogP contribution in [0.5, 0.6) is 0 Å². The first kappa shape index (κ1) is 6.62. The van der Waals surface area contributed by atoms with E-state index < -0.39 is 0 Å². The van der Waals surface area contributed by atoms with Gasteiger partial charge in [0.1, 0.15) is 0 Å². The maximum absolute atomic E-state index is 5.24. The molecule has 0 atom stereocenters. The zero-order chi connectivity index (χ0) is 6.91. The molecule has 9 heavy (non-hydrogen) atoms. The molecular weight excluding hydrogens is 114 g/mol. The summed E-state index contributed by atoms with van der Waals surface area (Å²) in [7, 11) is 0. The summed E-state index contributed by atoms with van der Waals surface area (Å²) in [4.78, 5) is 5.24. The van der Waals surface area contributed by atoms with Gasteiger partial charge in [0, 0.05) is 6.20 Å². The lowest BCUT2D eigenvalue weighted by molar-refractivity contribution is -0.146. The van der Waals surface area contributed by atoms with Gasteiger partial charge in [-0.25, -0.2) is 0 Å². The van der Waals surface area contributed by atoms with E-state index in [4.69, 9.17) is 4.84 Å². The highest BCUT2D eigenvalue weighted by Gasteiger charge is 2.20. The zero-order valence-electron chi connectivity index (χ0n) is 6.22. The molecule has 1 rings (SSSR count). The summed E-state index contributed by atoms with van der Waals surface area (Å²) in [5, 5.41) is 1.87. The maximum Gasteiger partial charge on any atom is 0.0948 e. The Morgan fingerprint density at radius 2 is 2.11 bits per heavy atom. The van der Waals surface area contributed by atoms with E-state index in [1.165, 1.54) is 0 Å². The lowest BCUT2D eigenvalue weighted by atomic mass is 10.1. The monoisotopic (exact) mass is 127 g/mol. The fourth-order valence-electron chi connectivity index (χ4n) is 0.722. The van der Waals surface area contributed by atoms with Crippen LogP contribution in [0.15, 0.2) is 12.3 Å². The molecule has 0 saturated heterocycles. The van der Waals surface area contributed by atoms with Gasteiger partial charge in [-0.05, 0) is 26.8 Å². The van der Waals surface area contributed by atoms with E-state index in [0.717, 1.165) is 6.61 Å². The molecule has 0 saturated carbocycles. The molecule has 0 aromatic carbocycles. The minimum atomic E-state index is 0.104. The number of nitrogens with zero attached hydrogens (tertiary/aromatic N) is 1. The van der Waals surface area contributed by atoms with Gasteiger partial charge in [0.15, 0.2) is 0 Å². The summed E-state index contributed by atoms with van der Waals surface area (Å²) in [6.07, 6.45) is 3.98. The van der Waals surface area contributed by atoms with Crippen molar-refractivity contribution >= 4 is 0 Å². The van der Waals surface area contributed by atoms with Gasteiger partial charge in [0.05, 0.1) is 12.1 Å². The number of hydrogen-bond acceptors (Lipinski definition) is 2. The Hall–Kier alpha value is -0.500. The van der Waals surface area contributed by atoms with Gasteiger partial charge < -0.3 is 0 Å². The van der Waals surface area contributed by atoms with Gasteiger partial charge in [-0.2, -0.15) is 0 Å². The molecule has 2 nitrogen and oxygen atoms in total. The third-order valence-electron chi connectivity index (χ3n) is 1.21. The van der Waals surface area contributed by atoms with Crippen molar-refractivity contribution in [1.82, 2.24) is 5.06 Å². The van der Waals surface area contributed by atoms with Crippen LogP contribution in [0, 0.1) is 0 Å². The summed E-state index contributed by atoms with van der Waals surface area (Å²) in [6.45, 7) is 7.06. The second-order valence-corrected chi connectivity index (χ2v) is 3.18. The van der Waals surface area contributed by atoms with Crippen LogP contribution >= 0.6 is 0 Å². The summed E-state index contributed by atoms with van der Waals surface area (Å²) in [5.41, 5.74) is 0.104. The average Bonchev–Trinajstić information content (AvgIpc) is 2.08. The average molecular weight is 127 g/mol. The summed E-state index contributed by atoms with van der Waals surface area (Å²) < 4.78 is 0. The van der Waals surface area contributed by atoms with Crippen LogP contribution in [0.1, 0.15) is 20.8 Å². The van der Waals surface area contributed by atoms with Crippen LogP contribution in [0.2, 0.25) is 0 Å². The molecule has 1 heterocycles. The van der Waals surface area contributed by atoms with Gasteiger partial charge in [0.25, 0.3) is 0 Å². The summed E-state index contributed by atoms with van der Waals surface area (Å²) in [5.74, 6) is 0. The first-order valence-corrected chi connectivity index (χ1v) is 3.19. The first-order valence-electron chi connectivity index (χ1n) is 3.19. The lowest BCUT2D eigenvalue weighted by Gasteiger charge is -2.29. The predicted molar refractivity (Wildman–Crippen MR) is 36.7 cm³/mol. The Kier molecular flexibility index (Phi) is 1.49. The Morgan fingerprint density at radius 1 is 1.44 bits per heavy atom. The molecule has 2 heteroatoms. The third-order valence-corrected chi connectivity index (χ3v) is 1.21. The molecule has 0 N–H and O–H groups in total. The van der Waals surface area contributed by atoms with Crippen molar-refractivity contribution in [2.45, 2.75) is 26.3 Å². The van der Waals surface area contributed by atoms with E-state index in [1.54, 1.807) is 0 Å². The quantitative estimate of drug-likeness (QED) is 0.489. The van der Waals surface area contributed by atoms with E-state index in [0.29, 0.717) is 0 Å². The topological polar surface area (TPSA) is 12.5 Å². The Bertz CT molecular complexity index is 123. The van der Waals surface area contributed by atoms with E-state index in [1.807, 2.05) is 17.3 Å². The second-order valence-electron chi connectivity index (χ2n) is 3.18. The van der Waals surface area contributed by atoms with E-state index in [2.05, 4.69) is 20.8 Å². The van der Waals surface area contributed by atoms with Crippen LogP contribution in [0.3, 0.4) is 0 Å². The molecule has 0 spiro atoms. The van der Waals surface area contributed by atoms with E-state index in [9.17, 15) is 0 Å². The second kappa shape index (κ2) is 2.03. The summed E-state index contributed by atoms with van der Waals surface area (Å²) in [6, 6.07) is 0. The molecule has 0 aromatic rings. The van der Waals surface area contributed by atoms with E-state index >= 15 is 0 Å². The molecule has 52 valence electrons. The molecule has 0 aliphatic carbocycles. The van der Waals surface area contributed by atoms with Gasteiger partial charge in [0.2, 0.25) is 0 Å². The molecule has 0 aromatic heterocycles. The highest BCUT2D eigenvalue weighted by molar-refractivity contribution is 4.89. The van der Waals surface area contributed by atoms with Crippen LogP contribution in [-0.4, -0.2) is 17.2 Å². The predicted octanol–water partition coefficient (Wildman–Crippen LogP) is 1.55. The van der Waals surface area contributed by atoms with Gasteiger partial charge >= 0.3 is 0 Å². The zero-order valence-corrected chi connectivity index (χ0v) is 6.22. The number of hydrogen-bond donors (Lipinski definition) is 0. The van der Waals surface area contributed by atoms with Crippen molar-refractivity contribution in [2.75, 3.05) is 6.61 Å². The van der Waals surface area contributed by atoms with Crippen LogP contribution < -0.4 is 0 Å². The van der Waals surface area contributed by atoms with Gasteiger partial charge in [-0.3, -0.25) is 9.90 Å². The molecule has 0 bridgehead atoms. The van der Waals surface area contributed by atoms with Crippen molar-refractivity contribution in [2.24, 2.45) is 0 Å². The van der Waals surface area contributed by atoms with Crippen molar-refractivity contribution < 1.29 is 4.84 Å². The molecule has 0 radical (unpaired) electrons. The number of rotatable bonds is 0. The highest BCUT2D eigenvalue weighted by atomic mass is 16.7. The van der Waals surface area contributed by atoms with Gasteiger partial charge in [-0.15, -0.1) is 0 Å². The Labute approximate surface area is 56.1 Å². The molecule has 0 fully saturated rings. The van der Waals surface area contributed by atoms with Crippen LogP contribution in [0.4, 0.5) is 0 Å². The number of hydroxylamine groups is 2. The third kappa shape index (κ3) is 1.45. The van der Waals surface area contributed by atoms with E-state index in [-0.39, 0.29) is 5.54 Å². The van der Waals surface area contributed by atoms with Gasteiger partial charge in [-0.1, -0.05) is 0 Å². The fraction of sp³-hybridized carbons (Fsp3) is 0.714. The smallest absolute Gasteiger partial charge is 0.0948 e. The molecular formula is C7H13NO. The fourth-order valence-corrected chi connectivity index (χ4v) is 0.722. The van der Waals surface area contributed by atoms with Crippen LogP contribution in [0.25, 0.3) is 0 Å². The summed E-state index contributed by atoms with van der Waals surface area (Å²) >= 11 is 0.